The number of carbonyl (C=O) groups excluding carboxylic acids is 1. The highest BCUT2D eigenvalue weighted by Gasteiger charge is 2.28. The van der Waals surface area contributed by atoms with Crippen LogP contribution in [-0.2, 0) is 21.5 Å². The van der Waals surface area contributed by atoms with Gasteiger partial charge in [0, 0.05) is 19.5 Å². The van der Waals surface area contributed by atoms with Crippen LogP contribution in [0.4, 0.5) is 5.82 Å². The van der Waals surface area contributed by atoms with E-state index in [0.29, 0.717) is 38.5 Å². The van der Waals surface area contributed by atoms with E-state index in [1.807, 2.05) is 39.9 Å². The van der Waals surface area contributed by atoms with Crippen molar-refractivity contribution in [2.45, 2.75) is 38.8 Å². The normalized spacial score (nSPS) is 15.9. The van der Waals surface area contributed by atoms with Crippen molar-refractivity contribution in [3.8, 4) is 0 Å². The van der Waals surface area contributed by atoms with Crippen molar-refractivity contribution in [1.82, 2.24) is 24.6 Å². The molecule has 1 aliphatic rings. The van der Waals surface area contributed by atoms with E-state index < -0.39 is 6.04 Å². The van der Waals surface area contributed by atoms with Gasteiger partial charge in [-0.25, -0.2) is 14.6 Å². The maximum Gasteiger partial charge on any atom is 0.245 e. The van der Waals surface area contributed by atoms with E-state index in [0.717, 1.165) is 16.6 Å². The van der Waals surface area contributed by atoms with Crippen LogP contribution in [0.3, 0.4) is 0 Å². The van der Waals surface area contributed by atoms with E-state index in [4.69, 9.17) is 4.74 Å². The molecule has 8 heteroatoms. The number of aromatic nitrogens is 4. The summed E-state index contributed by atoms with van der Waals surface area (Å²) >= 11 is 0. The van der Waals surface area contributed by atoms with E-state index in [1.165, 1.54) is 6.33 Å². The molecule has 1 unspecified atom stereocenters. The highest BCUT2D eigenvalue weighted by molar-refractivity contribution is 5.90. The molecule has 0 spiro atoms. The average molecular weight is 409 g/mol. The molecule has 3 heterocycles. The van der Waals surface area contributed by atoms with Crippen molar-refractivity contribution in [2.24, 2.45) is 0 Å². The second kappa shape index (κ2) is 8.39. The van der Waals surface area contributed by atoms with Crippen LogP contribution in [0.2, 0.25) is 0 Å². The summed E-state index contributed by atoms with van der Waals surface area (Å²) in [6, 6.07) is 9.58. The predicted octanol–water partition coefficient (Wildman–Crippen LogP) is 2.46. The minimum Gasteiger partial charge on any atom is -0.378 e. The molecule has 1 saturated heterocycles. The van der Waals surface area contributed by atoms with Crippen LogP contribution >= 0.6 is 0 Å². The molecule has 4 rings (SSSR count). The topological polar surface area (TPSA) is 85.2 Å². The quantitative estimate of drug-likeness (QED) is 0.698. The van der Waals surface area contributed by atoms with Gasteiger partial charge in [0.25, 0.3) is 0 Å². The van der Waals surface area contributed by atoms with Crippen LogP contribution in [0.1, 0.15) is 26.3 Å². The maximum absolute atomic E-state index is 13.4. The molecular weight excluding hydrogens is 380 g/mol. The first-order valence-corrected chi connectivity index (χ1v) is 10.3. The Hall–Kier alpha value is -3.00. The second-order valence-corrected chi connectivity index (χ2v) is 8.51. The smallest absolute Gasteiger partial charge is 0.245 e. The van der Waals surface area contributed by atoms with Crippen molar-refractivity contribution in [2.75, 3.05) is 31.6 Å². The number of hydrogen-bond acceptors (Lipinski definition) is 6. The first kappa shape index (κ1) is 20.3. The molecule has 0 radical (unpaired) electrons. The fraction of sp³-hybridized carbons (Fsp3) is 0.455. The molecule has 2 aromatic heterocycles. The SMILES string of the molecule is CC(C)(C)n1ncc2c(NC(Cc3ccccc3)C(=O)N3CCOCC3)ncnc21. The molecule has 158 valence electrons. The Bertz CT molecular complexity index is 1010. The molecule has 3 aromatic rings. The van der Waals surface area contributed by atoms with E-state index in [9.17, 15) is 4.79 Å². The fourth-order valence-corrected chi connectivity index (χ4v) is 3.67. The van der Waals surface area contributed by atoms with Crippen molar-refractivity contribution < 1.29 is 9.53 Å². The lowest BCUT2D eigenvalue weighted by molar-refractivity contribution is -0.136. The Morgan fingerprint density at radius 2 is 1.90 bits per heavy atom. The number of nitrogens with zero attached hydrogens (tertiary/aromatic N) is 5. The molecule has 1 amide bonds. The van der Waals surface area contributed by atoms with Gasteiger partial charge < -0.3 is 15.0 Å². The Morgan fingerprint density at radius 3 is 2.60 bits per heavy atom. The molecule has 0 aliphatic carbocycles. The predicted molar refractivity (Wildman–Crippen MR) is 115 cm³/mol. The summed E-state index contributed by atoms with van der Waals surface area (Å²) < 4.78 is 7.29. The highest BCUT2D eigenvalue weighted by Crippen LogP contribution is 2.25. The van der Waals surface area contributed by atoms with Crippen molar-refractivity contribution >= 4 is 22.8 Å². The highest BCUT2D eigenvalue weighted by atomic mass is 16.5. The zero-order valence-corrected chi connectivity index (χ0v) is 17.7. The zero-order chi connectivity index (χ0) is 21.1. The van der Waals surface area contributed by atoms with Crippen molar-refractivity contribution in [3.63, 3.8) is 0 Å². The van der Waals surface area contributed by atoms with E-state index >= 15 is 0 Å². The van der Waals surface area contributed by atoms with Crippen LogP contribution < -0.4 is 5.32 Å². The van der Waals surface area contributed by atoms with Gasteiger partial charge in [-0.15, -0.1) is 0 Å². The van der Waals surface area contributed by atoms with Gasteiger partial charge in [-0.2, -0.15) is 5.10 Å². The molecule has 1 fully saturated rings. The first-order chi connectivity index (χ1) is 14.4. The fourth-order valence-electron chi connectivity index (χ4n) is 3.67. The Kier molecular flexibility index (Phi) is 5.67. The number of rotatable bonds is 5. The summed E-state index contributed by atoms with van der Waals surface area (Å²) in [7, 11) is 0. The molecule has 0 bridgehead atoms. The molecule has 0 saturated carbocycles. The third kappa shape index (κ3) is 4.28. The van der Waals surface area contributed by atoms with Gasteiger partial charge in [0.15, 0.2) is 5.65 Å². The number of amides is 1. The van der Waals surface area contributed by atoms with Gasteiger partial charge in [-0.1, -0.05) is 30.3 Å². The molecule has 1 atom stereocenters. The first-order valence-electron chi connectivity index (χ1n) is 10.3. The van der Waals surface area contributed by atoms with Crippen LogP contribution in [0.25, 0.3) is 11.0 Å². The number of anilines is 1. The Morgan fingerprint density at radius 1 is 1.17 bits per heavy atom. The van der Waals surface area contributed by atoms with Crippen LogP contribution in [0, 0.1) is 0 Å². The second-order valence-electron chi connectivity index (χ2n) is 8.51. The third-order valence-electron chi connectivity index (χ3n) is 5.22. The minimum absolute atomic E-state index is 0.0529. The third-order valence-corrected chi connectivity index (χ3v) is 5.22. The van der Waals surface area contributed by atoms with E-state index in [-0.39, 0.29) is 11.4 Å². The summed E-state index contributed by atoms with van der Waals surface area (Å²) in [5.41, 5.74) is 1.63. The van der Waals surface area contributed by atoms with Crippen LogP contribution in [-0.4, -0.2) is 62.9 Å². The van der Waals surface area contributed by atoms with Gasteiger partial charge in [0.2, 0.25) is 5.91 Å². The van der Waals surface area contributed by atoms with Gasteiger partial charge in [0.1, 0.15) is 18.2 Å². The lowest BCUT2D eigenvalue weighted by Gasteiger charge is -2.31. The summed E-state index contributed by atoms with van der Waals surface area (Å²) in [6.07, 6.45) is 3.85. The van der Waals surface area contributed by atoms with Crippen molar-refractivity contribution in [3.05, 3.63) is 48.4 Å². The number of ether oxygens (including phenoxy) is 1. The van der Waals surface area contributed by atoms with Gasteiger partial charge in [-0.3, -0.25) is 4.79 Å². The van der Waals surface area contributed by atoms with Crippen molar-refractivity contribution in [1.29, 1.82) is 0 Å². The molecular formula is C22H28N6O2. The monoisotopic (exact) mass is 408 g/mol. The summed E-state index contributed by atoms with van der Waals surface area (Å²) in [6.45, 7) is 8.58. The number of carbonyl (C=O) groups is 1. The summed E-state index contributed by atoms with van der Waals surface area (Å²) in [5, 5.41) is 8.72. The summed E-state index contributed by atoms with van der Waals surface area (Å²) in [5.74, 6) is 0.676. The van der Waals surface area contributed by atoms with Crippen LogP contribution in [0.15, 0.2) is 42.9 Å². The minimum atomic E-state index is -0.443. The maximum atomic E-state index is 13.4. The van der Waals surface area contributed by atoms with Gasteiger partial charge in [0.05, 0.1) is 30.3 Å². The van der Waals surface area contributed by atoms with E-state index in [2.05, 4.69) is 41.2 Å². The lowest BCUT2D eigenvalue weighted by atomic mass is 10.0. The number of fused-ring (bicyclic) bond motifs is 1. The van der Waals surface area contributed by atoms with E-state index in [1.54, 1.807) is 6.20 Å². The molecule has 1 aliphatic heterocycles. The van der Waals surface area contributed by atoms with Gasteiger partial charge in [-0.05, 0) is 26.3 Å². The molecule has 1 N–H and O–H groups in total. The Labute approximate surface area is 176 Å². The summed E-state index contributed by atoms with van der Waals surface area (Å²) in [4.78, 5) is 24.1. The number of benzene rings is 1. The molecule has 1 aromatic carbocycles. The van der Waals surface area contributed by atoms with Crippen LogP contribution in [0.5, 0.6) is 0 Å². The number of morpholine rings is 1. The zero-order valence-electron chi connectivity index (χ0n) is 17.7. The number of hydrogen-bond donors (Lipinski definition) is 1. The largest absolute Gasteiger partial charge is 0.378 e. The standard InChI is InChI=1S/C22H28N6O2/c1-22(2,3)28-20-17(14-25-28)19(23-15-24-20)26-18(13-16-7-5-4-6-8-16)21(29)27-9-11-30-12-10-27/h4-8,14-15,18H,9-13H2,1-3H3,(H,23,24,26). The average Bonchev–Trinajstić information content (AvgIpc) is 3.20. The molecule has 30 heavy (non-hydrogen) atoms. The van der Waals surface area contributed by atoms with Gasteiger partial charge >= 0.3 is 0 Å². The lowest BCUT2D eigenvalue weighted by Crippen LogP contribution is -2.48. The Balaban J connectivity index is 1.66. The number of nitrogens with one attached hydrogen (secondary N) is 1. The molecule has 8 nitrogen and oxygen atoms in total.